The molecule has 19 heavy (non-hydrogen) atoms. The summed E-state index contributed by atoms with van der Waals surface area (Å²) in [5.41, 5.74) is 0.742. The van der Waals surface area contributed by atoms with Gasteiger partial charge in [0.15, 0.2) is 0 Å². The van der Waals surface area contributed by atoms with Crippen molar-refractivity contribution in [3.8, 4) is 0 Å². The van der Waals surface area contributed by atoms with E-state index in [1.54, 1.807) is 6.07 Å². The first-order valence-corrected chi connectivity index (χ1v) is 6.62. The number of methoxy groups -OCH3 is 2. The molecule has 0 aliphatic carbocycles. The number of thioether (sulfide) groups is 1. The molecular weight excluding hydrogens is 266 g/mol. The minimum Gasteiger partial charge on any atom is -0.466 e. The van der Waals surface area contributed by atoms with E-state index in [4.69, 9.17) is 0 Å². The van der Waals surface area contributed by atoms with Crippen molar-refractivity contribution >= 4 is 29.4 Å². The van der Waals surface area contributed by atoms with Crippen LogP contribution in [0.5, 0.6) is 0 Å². The lowest BCUT2D eigenvalue weighted by atomic mass is 10.3. The number of benzene rings is 1. The number of hydrogen-bond donors (Lipinski definition) is 1. The summed E-state index contributed by atoms with van der Waals surface area (Å²) >= 11 is 1.52. The van der Waals surface area contributed by atoms with Crippen molar-refractivity contribution in [1.82, 2.24) is 0 Å². The summed E-state index contributed by atoms with van der Waals surface area (Å²) in [5, 5.41) is 2.88. The summed E-state index contributed by atoms with van der Waals surface area (Å²) in [6.07, 6.45) is 2.98. The Balaban J connectivity index is 3.04. The molecule has 5 nitrogen and oxygen atoms in total. The number of para-hydroxylation sites is 1. The van der Waals surface area contributed by atoms with Crippen LogP contribution in [0.4, 0.5) is 5.69 Å². The second kappa shape index (κ2) is 7.48. The van der Waals surface area contributed by atoms with Crippen LogP contribution in [0.2, 0.25) is 0 Å². The van der Waals surface area contributed by atoms with Gasteiger partial charge in [-0.25, -0.2) is 9.59 Å². The van der Waals surface area contributed by atoms with E-state index < -0.39 is 11.9 Å². The van der Waals surface area contributed by atoms with Crippen LogP contribution in [0.15, 0.2) is 40.9 Å². The van der Waals surface area contributed by atoms with E-state index in [2.05, 4.69) is 14.8 Å². The smallest absolute Gasteiger partial charge is 0.354 e. The molecule has 102 valence electrons. The van der Waals surface area contributed by atoms with Crippen molar-refractivity contribution in [3.63, 3.8) is 0 Å². The maximum atomic E-state index is 11.6. The SMILES string of the molecule is COC(=O)/C=C(/Nc1ccccc1SC)C(=O)OC. The standard InChI is InChI=1S/C13H15NO4S/c1-17-12(15)8-10(13(16)18-2)14-9-6-4-5-7-11(9)19-3/h4-8,14H,1-3H3/b10-8+. The van der Waals surface area contributed by atoms with Crippen molar-refractivity contribution in [2.24, 2.45) is 0 Å². The lowest BCUT2D eigenvalue weighted by molar-refractivity contribution is -0.138. The molecule has 0 unspecified atom stereocenters. The van der Waals surface area contributed by atoms with Crippen LogP contribution in [-0.4, -0.2) is 32.4 Å². The quantitative estimate of drug-likeness (QED) is 0.506. The second-order valence-electron chi connectivity index (χ2n) is 3.40. The molecule has 0 spiro atoms. The van der Waals surface area contributed by atoms with E-state index in [1.165, 1.54) is 26.0 Å². The van der Waals surface area contributed by atoms with Crippen molar-refractivity contribution in [2.75, 3.05) is 25.8 Å². The highest BCUT2D eigenvalue weighted by molar-refractivity contribution is 7.98. The molecule has 0 saturated carbocycles. The fraction of sp³-hybridized carbons (Fsp3) is 0.231. The molecule has 0 bridgehead atoms. The molecule has 1 aromatic carbocycles. The van der Waals surface area contributed by atoms with E-state index in [-0.39, 0.29) is 5.70 Å². The molecule has 0 atom stereocenters. The van der Waals surface area contributed by atoms with Gasteiger partial charge in [-0.3, -0.25) is 0 Å². The number of carbonyl (C=O) groups is 2. The lowest BCUT2D eigenvalue weighted by Gasteiger charge is -2.11. The van der Waals surface area contributed by atoms with Crippen molar-refractivity contribution in [2.45, 2.75) is 4.90 Å². The molecule has 0 saturated heterocycles. The molecule has 0 fully saturated rings. The highest BCUT2D eigenvalue weighted by Gasteiger charge is 2.14. The molecule has 0 aromatic heterocycles. The fourth-order valence-corrected chi connectivity index (χ4v) is 1.88. The first-order valence-electron chi connectivity index (χ1n) is 5.40. The Labute approximate surface area is 116 Å². The maximum absolute atomic E-state index is 11.6. The molecule has 1 aromatic rings. The number of nitrogens with one attached hydrogen (secondary N) is 1. The summed E-state index contributed by atoms with van der Waals surface area (Å²) in [7, 11) is 2.49. The number of rotatable bonds is 5. The van der Waals surface area contributed by atoms with E-state index in [1.807, 2.05) is 24.5 Å². The van der Waals surface area contributed by atoms with Gasteiger partial charge in [0.25, 0.3) is 0 Å². The van der Waals surface area contributed by atoms with Gasteiger partial charge in [0.1, 0.15) is 5.70 Å². The van der Waals surface area contributed by atoms with Gasteiger partial charge in [-0.2, -0.15) is 0 Å². The topological polar surface area (TPSA) is 64.6 Å². The Kier molecular flexibility index (Phi) is 5.95. The molecule has 0 radical (unpaired) electrons. The summed E-state index contributed by atoms with van der Waals surface area (Å²) in [6.45, 7) is 0. The summed E-state index contributed by atoms with van der Waals surface area (Å²) in [5.74, 6) is -1.27. The molecular formula is C13H15NO4S. The third-order valence-electron chi connectivity index (χ3n) is 2.24. The number of hydrogen-bond acceptors (Lipinski definition) is 6. The molecule has 0 heterocycles. The first-order chi connectivity index (χ1) is 9.12. The monoisotopic (exact) mass is 281 g/mol. The number of esters is 2. The zero-order chi connectivity index (χ0) is 14.3. The van der Waals surface area contributed by atoms with E-state index in [0.717, 1.165) is 16.7 Å². The zero-order valence-corrected chi connectivity index (χ0v) is 11.7. The van der Waals surface area contributed by atoms with Crippen LogP contribution >= 0.6 is 11.8 Å². The van der Waals surface area contributed by atoms with Crippen LogP contribution in [0, 0.1) is 0 Å². The number of anilines is 1. The molecule has 0 aliphatic heterocycles. The number of ether oxygens (including phenoxy) is 2. The third-order valence-corrected chi connectivity index (χ3v) is 3.04. The van der Waals surface area contributed by atoms with Gasteiger partial charge in [0, 0.05) is 4.90 Å². The highest BCUT2D eigenvalue weighted by Crippen LogP contribution is 2.25. The van der Waals surface area contributed by atoms with E-state index in [0.29, 0.717) is 0 Å². The first kappa shape index (κ1) is 15.1. The molecule has 0 amide bonds. The molecule has 6 heteroatoms. The maximum Gasteiger partial charge on any atom is 0.354 e. The third kappa shape index (κ3) is 4.33. The summed E-state index contributed by atoms with van der Waals surface area (Å²) < 4.78 is 9.12. The Hall–Kier alpha value is -1.95. The summed E-state index contributed by atoms with van der Waals surface area (Å²) in [4.78, 5) is 23.8. The Morgan fingerprint density at radius 1 is 1.21 bits per heavy atom. The highest BCUT2D eigenvalue weighted by atomic mass is 32.2. The van der Waals surface area contributed by atoms with Gasteiger partial charge < -0.3 is 14.8 Å². The lowest BCUT2D eigenvalue weighted by Crippen LogP contribution is -2.15. The van der Waals surface area contributed by atoms with E-state index >= 15 is 0 Å². The van der Waals surface area contributed by atoms with Crippen LogP contribution < -0.4 is 5.32 Å². The molecule has 0 aliphatic rings. The van der Waals surface area contributed by atoms with Crippen LogP contribution in [0.1, 0.15) is 0 Å². The minimum absolute atomic E-state index is 0.0239. The Morgan fingerprint density at radius 2 is 1.89 bits per heavy atom. The normalized spacial score (nSPS) is 10.8. The Bertz CT molecular complexity index is 499. The summed E-state index contributed by atoms with van der Waals surface area (Å²) in [6, 6.07) is 7.42. The predicted molar refractivity (Wildman–Crippen MR) is 74.0 cm³/mol. The van der Waals surface area contributed by atoms with Crippen molar-refractivity contribution in [1.29, 1.82) is 0 Å². The van der Waals surface area contributed by atoms with Crippen LogP contribution in [-0.2, 0) is 19.1 Å². The molecule has 1 rings (SSSR count). The predicted octanol–water partition coefficient (Wildman–Crippen LogP) is 2.05. The van der Waals surface area contributed by atoms with Gasteiger partial charge in [0.05, 0.1) is 26.0 Å². The largest absolute Gasteiger partial charge is 0.466 e. The fourth-order valence-electron chi connectivity index (χ4n) is 1.33. The van der Waals surface area contributed by atoms with Crippen molar-refractivity contribution in [3.05, 3.63) is 36.0 Å². The Morgan fingerprint density at radius 3 is 2.47 bits per heavy atom. The van der Waals surface area contributed by atoms with Gasteiger partial charge in [-0.1, -0.05) is 12.1 Å². The van der Waals surface area contributed by atoms with Gasteiger partial charge >= 0.3 is 11.9 Å². The van der Waals surface area contributed by atoms with Crippen LogP contribution in [0.25, 0.3) is 0 Å². The zero-order valence-electron chi connectivity index (χ0n) is 10.9. The van der Waals surface area contributed by atoms with Crippen molar-refractivity contribution < 1.29 is 19.1 Å². The van der Waals surface area contributed by atoms with Gasteiger partial charge in [-0.15, -0.1) is 11.8 Å². The average Bonchev–Trinajstić information content (AvgIpc) is 2.45. The van der Waals surface area contributed by atoms with Gasteiger partial charge in [0.2, 0.25) is 0 Å². The number of carbonyl (C=O) groups excluding carboxylic acids is 2. The minimum atomic E-state index is -0.638. The van der Waals surface area contributed by atoms with Gasteiger partial charge in [-0.05, 0) is 18.4 Å². The second-order valence-corrected chi connectivity index (χ2v) is 4.25. The van der Waals surface area contributed by atoms with E-state index in [9.17, 15) is 9.59 Å². The molecule has 1 N–H and O–H groups in total. The van der Waals surface area contributed by atoms with Crippen LogP contribution in [0.3, 0.4) is 0 Å². The average molecular weight is 281 g/mol.